The number of hydrogen-bond acceptors (Lipinski definition) is 3. The van der Waals surface area contributed by atoms with Crippen molar-refractivity contribution in [3.05, 3.63) is 11.8 Å². The summed E-state index contributed by atoms with van der Waals surface area (Å²) in [7, 11) is 1.81. The molecule has 1 atom stereocenters. The van der Waals surface area contributed by atoms with Gasteiger partial charge in [-0.05, 0) is 51.5 Å². The minimum absolute atomic E-state index is 0.0203. The minimum atomic E-state index is -4.07. The van der Waals surface area contributed by atoms with E-state index in [4.69, 9.17) is 0 Å². The van der Waals surface area contributed by atoms with Crippen molar-refractivity contribution >= 4 is 11.7 Å². The standard InChI is InChI=1S/C17H25F3N4O/c1-11-9-15(23(2)22-11)24-8-7-14(16(24)25)21-10-12-3-5-13(6-4-12)17(18,19)20/h9,12-14,21H,3-8,10H2,1-2H3/t12?,13?,14-/m1/s1. The number of aromatic nitrogens is 2. The lowest BCUT2D eigenvalue weighted by Gasteiger charge is -2.30. The molecular weight excluding hydrogens is 333 g/mol. The first-order valence-corrected chi connectivity index (χ1v) is 8.88. The molecular formula is C17H25F3N4O. The Morgan fingerprint density at radius 3 is 2.48 bits per heavy atom. The van der Waals surface area contributed by atoms with Crippen molar-refractivity contribution in [2.45, 2.75) is 51.2 Å². The lowest BCUT2D eigenvalue weighted by atomic mass is 9.81. The van der Waals surface area contributed by atoms with Crippen LogP contribution >= 0.6 is 0 Å². The van der Waals surface area contributed by atoms with Crippen molar-refractivity contribution in [2.75, 3.05) is 18.0 Å². The predicted molar refractivity (Wildman–Crippen MR) is 88.2 cm³/mol. The number of aryl methyl sites for hydroxylation is 2. The van der Waals surface area contributed by atoms with Crippen LogP contribution in [0.25, 0.3) is 0 Å². The van der Waals surface area contributed by atoms with Crippen molar-refractivity contribution < 1.29 is 18.0 Å². The van der Waals surface area contributed by atoms with E-state index in [1.165, 1.54) is 0 Å². The van der Waals surface area contributed by atoms with Gasteiger partial charge < -0.3 is 5.32 Å². The number of alkyl halides is 3. The molecule has 140 valence electrons. The molecule has 1 aromatic rings. The molecule has 1 aromatic heterocycles. The Balaban J connectivity index is 1.49. The van der Waals surface area contributed by atoms with Gasteiger partial charge in [-0.2, -0.15) is 18.3 Å². The van der Waals surface area contributed by atoms with Gasteiger partial charge in [-0.25, -0.2) is 0 Å². The average Bonchev–Trinajstić information content (AvgIpc) is 3.06. The highest BCUT2D eigenvalue weighted by Crippen LogP contribution is 2.39. The fourth-order valence-electron chi connectivity index (χ4n) is 3.95. The Hall–Kier alpha value is -1.57. The van der Waals surface area contributed by atoms with Gasteiger partial charge in [0.15, 0.2) is 0 Å². The van der Waals surface area contributed by atoms with Crippen LogP contribution in [0.5, 0.6) is 0 Å². The molecule has 8 heteroatoms. The molecule has 1 amide bonds. The van der Waals surface area contributed by atoms with E-state index < -0.39 is 12.1 Å². The van der Waals surface area contributed by atoms with Gasteiger partial charge in [0.25, 0.3) is 0 Å². The summed E-state index contributed by atoms with van der Waals surface area (Å²) in [6.45, 7) is 3.13. The summed E-state index contributed by atoms with van der Waals surface area (Å²) in [5, 5.41) is 7.55. The van der Waals surface area contributed by atoms with Crippen molar-refractivity contribution in [2.24, 2.45) is 18.9 Å². The number of rotatable bonds is 4. The third kappa shape index (κ3) is 3.99. The first-order valence-electron chi connectivity index (χ1n) is 8.88. The lowest BCUT2D eigenvalue weighted by Crippen LogP contribution is -2.41. The van der Waals surface area contributed by atoms with E-state index in [9.17, 15) is 18.0 Å². The molecule has 0 radical (unpaired) electrons. The molecule has 1 saturated heterocycles. The summed E-state index contributed by atoms with van der Waals surface area (Å²) in [5.41, 5.74) is 0.864. The Morgan fingerprint density at radius 2 is 1.92 bits per heavy atom. The summed E-state index contributed by atoms with van der Waals surface area (Å²) in [4.78, 5) is 14.3. The van der Waals surface area contributed by atoms with Crippen LogP contribution in [0.1, 0.15) is 37.8 Å². The first kappa shape index (κ1) is 18.2. The molecule has 2 fully saturated rings. The molecule has 1 aliphatic heterocycles. The maximum Gasteiger partial charge on any atom is 0.391 e. The molecule has 5 nitrogen and oxygen atoms in total. The Bertz CT molecular complexity index is 620. The van der Waals surface area contributed by atoms with E-state index in [2.05, 4.69) is 10.4 Å². The molecule has 1 saturated carbocycles. The zero-order valence-corrected chi connectivity index (χ0v) is 14.6. The number of hydrogen-bond donors (Lipinski definition) is 1. The van der Waals surface area contributed by atoms with Crippen LogP contribution in [0.15, 0.2) is 6.07 Å². The number of nitrogens with one attached hydrogen (secondary N) is 1. The van der Waals surface area contributed by atoms with Gasteiger partial charge in [0, 0.05) is 19.7 Å². The average molecular weight is 358 g/mol. The molecule has 25 heavy (non-hydrogen) atoms. The third-order valence-corrected chi connectivity index (χ3v) is 5.42. The van der Waals surface area contributed by atoms with Crippen LogP contribution < -0.4 is 10.2 Å². The second-order valence-corrected chi connectivity index (χ2v) is 7.27. The van der Waals surface area contributed by atoms with Crippen LogP contribution in [-0.4, -0.2) is 41.0 Å². The normalized spacial score (nSPS) is 28.0. The van der Waals surface area contributed by atoms with Gasteiger partial charge in [-0.3, -0.25) is 14.4 Å². The molecule has 1 N–H and O–H groups in total. The van der Waals surface area contributed by atoms with Crippen molar-refractivity contribution in [1.82, 2.24) is 15.1 Å². The highest BCUT2D eigenvalue weighted by Gasteiger charge is 2.41. The zero-order valence-electron chi connectivity index (χ0n) is 14.6. The fourth-order valence-corrected chi connectivity index (χ4v) is 3.95. The smallest absolute Gasteiger partial charge is 0.306 e. The van der Waals surface area contributed by atoms with Crippen LogP contribution in [-0.2, 0) is 11.8 Å². The molecule has 3 rings (SSSR count). The van der Waals surface area contributed by atoms with E-state index in [0.717, 1.165) is 11.5 Å². The quantitative estimate of drug-likeness (QED) is 0.900. The van der Waals surface area contributed by atoms with Crippen molar-refractivity contribution in [3.8, 4) is 0 Å². The van der Waals surface area contributed by atoms with E-state index in [1.807, 2.05) is 20.0 Å². The molecule has 0 aromatic carbocycles. The van der Waals surface area contributed by atoms with Gasteiger partial charge >= 0.3 is 6.18 Å². The fraction of sp³-hybridized carbons (Fsp3) is 0.765. The van der Waals surface area contributed by atoms with E-state index in [1.54, 1.807) is 9.58 Å². The Morgan fingerprint density at radius 1 is 1.24 bits per heavy atom. The Kier molecular flexibility index (Phi) is 5.09. The first-order chi connectivity index (χ1) is 11.8. The molecule has 1 aliphatic carbocycles. The van der Waals surface area contributed by atoms with Gasteiger partial charge in [0.05, 0.1) is 17.7 Å². The molecule has 2 aliphatic rings. The van der Waals surface area contributed by atoms with E-state index in [0.29, 0.717) is 32.4 Å². The predicted octanol–water partition coefficient (Wildman–Crippen LogP) is 2.79. The van der Waals surface area contributed by atoms with Gasteiger partial charge in [-0.1, -0.05) is 0 Å². The SMILES string of the molecule is Cc1cc(N2CC[C@@H](NCC3CCC(C(F)(F)F)CC3)C2=O)n(C)n1. The summed E-state index contributed by atoms with van der Waals surface area (Å²) in [5.74, 6) is -0.121. The largest absolute Gasteiger partial charge is 0.391 e. The zero-order chi connectivity index (χ0) is 18.2. The molecule has 2 heterocycles. The van der Waals surface area contributed by atoms with Gasteiger partial charge in [0.2, 0.25) is 5.91 Å². The second-order valence-electron chi connectivity index (χ2n) is 7.27. The molecule has 0 bridgehead atoms. The summed E-state index contributed by atoms with van der Waals surface area (Å²) in [6.07, 6.45) is -1.81. The number of amides is 1. The monoisotopic (exact) mass is 358 g/mol. The highest BCUT2D eigenvalue weighted by atomic mass is 19.4. The number of anilines is 1. The van der Waals surface area contributed by atoms with Crippen molar-refractivity contribution in [1.29, 1.82) is 0 Å². The lowest BCUT2D eigenvalue weighted by molar-refractivity contribution is -0.183. The summed E-state index contributed by atoms with van der Waals surface area (Å²) in [6, 6.07) is 1.63. The second kappa shape index (κ2) is 6.97. The van der Waals surface area contributed by atoms with Crippen LogP contribution in [0.4, 0.5) is 19.0 Å². The maximum atomic E-state index is 12.7. The Labute approximate surface area is 145 Å². The van der Waals surface area contributed by atoms with Crippen LogP contribution in [0.3, 0.4) is 0 Å². The number of carbonyl (C=O) groups excluding carboxylic acids is 1. The topological polar surface area (TPSA) is 50.2 Å². The molecule has 0 spiro atoms. The van der Waals surface area contributed by atoms with E-state index in [-0.39, 0.29) is 30.7 Å². The summed E-state index contributed by atoms with van der Waals surface area (Å²) < 4.78 is 39.9. The van der Waals surface area contributed by atoms with E-state index >= 15 is 0 Å². The molecule has 0 unspecified atom stereocenters. The number of halogens is 3. The summed E-state index contributed by atoms with van der Waals surface area (Å²) >= 11 is 0. The number of carbonyl (C=O) groups is 1. The van der Waals surface area contributed by atoms with Gasteiger partial charge in [-0.15, -0.1) is 0 Å². The van der Waals surface area contributed by atoms with Crippen molar-refractivity contribution in [3.63, 3.8) is 0 Å². The van der Waals surface area contributed by atoms with Crippen LogP contribution in [0.2, 0.25) is 0 Å². The van der Waals surface area contributed by atoms with Crippen LogP contribution in [0, 0.1) is 18.8 Å². The highest BCUT2D eigenvalue weighted by molar-refractivity contribution is 5.98. The third-order valence-electron chi connectivity index (χ3n) is 5.42. The minimum Gasteiger partial charge on any atom is -0.306 e. The maximum absolute atomic E-state index is 12.7. The van der Waals surface area contributed by atoms with Gasteiger partial charge in [0.1, 0.15) is 5.82 Å². The number of nitrogens with zero attached hydrogens (tertiary/aromatic N) is 3.